The van der Waals surface area contributed by atoms with E-state index in [9.17, 15) is 4.79 Å². The van der Waals surface area contributed by atoms with E-state index in [2.05, 4.69) is 16.0 Å². The van der Waals surface area contributed by atoms with E-state index in [1.54, 1.807) is 12.4 Å². The molecule has 1 aromatic heterocycles. The topological polar surface area (TPSA) is 64.2 Å². The molecular weight excluding hydrogens is 264 g/mol. The van der Waals surface area contributed by atoms with Crippen LogP contribution in [0.1, 0.15) is 30.0 Å². The first-order valence-electron chi connectivity index (χ1n) is 7.42. The highest BCUT2D eigenvalue weighted by Gasteiger charge is 2.27. The molecule has 2 heterocycles. The summed E-state index contributed by atoms with van der Waals surface area (Å²) in [6.07, 6.45) is 6.67. The first kappa shape index (κ1) is 12.4. The van der Waals surface area contributed by atoms with Crippen LogP contribution in [0.3, 0.4) is 0 Å². The van der Waals surface area contributed by atoms with Gasteiger partial charge in [-0.1, -0.05) is 6.07 Å². The Bertz CT molecular complexity index is 748. The molecule has 1 aliphatic heterocycles. The van der Waals surface area contributed by atoms with Crippen LogP contribution in [0, 0.1) is 0 Å². The maximum Gasteiger partial charge on any atom is 0.293 e. The average Bonchev–Trinajstić information content (AvgIpc) is 3.31. The highest BCUT2D eigenvalue weighted by atomic mass is 16.1. The molecule has 1 aliphatic carbocycles. The molecule has 1 aromatic carbocycles. The Kier molecular flexibility index (Phi) is 2.74. The van der Waals surface area contributed by atoms with E-state index in [4.69, 9.17) is 5.73 Å². The molecule has 1 saturated carbocycles. The van der Waals surface area contributed by atoms with Crippen molar-refractivity contribution in [1.82, 2.24) is 9.55 Å². The van der Waals surface area contributed by atoms with Crippen LogP contribution in [-0.4, -0.2) is 16.1 Å². The standard InChI is InChI=1S/C16H18N4O/c17-13-2-1-11-5-7-19(10-12(11)9-13)15-16(21)20(8-6-18-15)14-3-4-14/h1-2,6,8-9,14H,3-5,7,10,17H2. The lowest BCUT2D eigenvalue weighted by molar-refractivity contribution is 0.666. The van der Waals surface area contributed by atoms with Gasteiger partial charge in [0, 0.05) is 37.2 Å². The number of hydrogen-bond donors (Lipinski definition) is 1. The van der Waals surface area contributed by atoms with Crippen molar-refractivity contribution in [3.05, 3.63) is 52.1 Å². The fourth-order valence-electron chi connectivity index (χ4n) is 3.03. The minimum atomic E-state index is 0.0346. The molecule has 0 radical (unpaired) electrons. The van der Waals surface area contributed by atoms with Crippen molar-refractivity contribution in [3.63, 3.8) is 0 Å². The Balaban J connectivity index is 1.69. The van der Waals surface area contributed by atoms with Crippen LogP contribution >= 0.6 is 0 Å². The van der Waals surface area contributed by atoms with Crippen LogP contribution in [-0.2, 0) is 13.0 Å². The van der Waals surface area contributed by atoms with Gasteiger partial charge in [0.25, 0.3) is 5.56 Å². The molecule has 108 valence electrons. The largest absolute Gasteiger partial charge is 0.399 e. The molecule has 0 spiro atoms. The summed E-state index contributed by atoms with van der Waals surface area (Å²) >= 11 is 0. The summed E-state index contributed by atoms with van der Waals surface area (Å²) in [5.41, 5.74) is 9.19. The van der Waals surface area contributed by atoms with E-state index >= 15 is 0 Å². The van der Waals surface area contributed by atoms with Gasteiger partial charge in [0.1, 0.15) is 0 Å². The van der Waals surface area contributed by atoms with Crippen molar-refractivity contribution in [3.8, 4) is 0 Å². The number of hydrogen-bond acceptors (Lipinski definition) is 4. The Labute approximate surface area is 123 Å². The van der Waals surface area contributed by atoms with Crippen molar-refractivity contribution >= 4 is 11.5 Å². The second-order valence-electron chi connectivity index (χ2n) is 5.89. The first-order chi connectivity index (χ1) is 10.2. The molecule has 5 heteroatoms. The van der Waals surface area contributed by atoms with Crippen LogP contribution in [0.2, 0.25) is 0 Å². The molecule has 0 unspecified atom stereocenters. The maximum atomic E-state index is 12.6. The highest BCUT2D eigenvalue weighted by Crippen LogP contribution is 2.33. The van der Waals surface area contributed by atoms with Crippen LogP contribution in [0.4, 0.5) is 11.5 Å². The maximum absolute atomic E-state index is 12.6. The summed E-state index contributed by atoms with van der Waals surface area (Å²) < 4.78 is 1.83. The Hall–Kier alpha value is -2.30. The molecule has 4 rings (SSSR count). The van der Waals surface area contributed by atoms with Crippen molar-refractivity contribution in [2.75, 3.05) is 17.2 Å². The third-order valence-corrected chi connectivity index (χ3v) is 4.33. The summed E-state index contributed by atoms with van der Waals surface area (Å²) in [4.78, 5) is 19.0. The van der Waals surface area contributed by atoms with Crippen molar-refractivity contribution in [2.45, 2.75) is 31.8 Å². The third-order valence-electron chi connectivity index (χ3n) is 4.33. The second-order valence-corrected chi connectivity index (χ2v) is 5.89. The van der Waals surface area contributed by atoms with Crippen molar-refractivity contribution < 1.29 is 0 Å². The lowest BCUT2D eigenvalue weighted by atomic mass is 9.99. The zero-order valence-corrected chi connectivity index (χ0v) is 11.8. The number of anilines is 2. The van der Waals surface area contributed by atoms with Gasteiger partial charge in [-0.05, 0) is 42.5 Å². The van der Waals surface area contributed by atoms with Gasteiger partial charge >= 0.3 is 0 Å². The lowest BCUT2D eigenvalue weighted by Gasteiger charge is -2.29. The van der Waals surface area contributed by atoms with Gasteiger partial charge in [0.15, 0.2) is 5.82 Å². The van der Waals surface area contributed by atoms with Crippen LogP contribution in [0.15, 0.2) is 35.4 Å². The molecule has 5 nitrogen and oxygen atoms in total. The molecule has 21 heavy (non-hydrogen) atoms. The number of aromatic nitrogens is 2. The molecule has 0 atom stereocenters. The predicted octanol–water partition coefficient (Wildman–Crippen LogP) is 1.72. The van der Waals surface area contributed by atoms with E-state index in [0.29, 0.717) is 18.4 Å². The van der Waals surface area contributed by atoms with E-state index in [0.717, 1.165) is 31.5 Å². The zero-order valence-electron chi connectivity index (χ0n) is 11.8. The molecule has 0 amide bonds. The summed E-state index contributed by atoms with van der Waals surface area (Å²) in [7, 11) is 0. The van der Waals surface area contributed by atoms with Gasteiger partial charge in [0.05, 0.1) is 0 Å². The Morgan fingerprint density at radius 2 is 2.10 bits per heavy atom. The number of nitrogen functional groups attached to an aromatic ring is 1. The van der Waals surface area contributed by atoms with E-state index in [1.807, 2.05) is 16.7 Å². The lowest BCUT2D eigenvalue weighted by Crippen LogP contribution is -2.37. The summed E-state index contributed by atoms with van der Waals surface area (Å²) in [5, 5.41) is 0. The van der Waals surface area contributed by atoms with Crippen molar-refractivity contribution in [1.29, 1.82) is 0 Å². The van der Waals surface area contributed by atoms with E-state index in [1.165, 1.54) is 11.1 Å². The molecule has 0 bridgehead atoms. The number of nitrogens with zero attached hydrogens (tertiary/aromatic N) is 3. The molecule has 2 aliphatic rings. The van der Waals surface area contributed by atoms with Gasteiger partial charge in [0.2, 0.25) is 0 Å². The molecule has 0 saturated heterocycles. The number of fused-ring (bicyclic) bond motifs is 1. The SMILES string of the molecule is Nc1ccc2c(c1)CN(c1nccn(C3CC3)c1=O)CC2. The van der Waals surface area contributed by atoms with Gasteiger partial charge in [-0.3, -0.25) is 4.79 Å². The summed E-state index contributed by atoms with van der Waals surface area (Å²) in [5.74, 6) is 0.567. The van der Waals surface area contributed by atoms with Crippen LogP contribution in [0.25, 0.3) is 0 Å². The van der Waals surface area contributed by atoms with Gasteiger partial charge in [-0.25, -0.2) is 4.98 Å². The average molecular weight is 282 g/mol. The van der Waals surface area contributed by atoms with Gasteiger partial charge < -0.3 is 15.2 Å². The zero-order chi connectivity index (χ0) is 14.4. The first-order valence-corrected chi connectivity index (χ1v) is 7.42. The summed E-state index contributed by atoms with van der Waals surface area (Å²) in [6, 6.07) is 6.41. The minimum absolute atomic E-state index is 0.0346. The summed E-state index contributed by atoms with van der Waals surface area (Å²) in [6.45, 7) is 1.53. The quantitative estimate of drug-likeness (QED) is 0.852. The third kappa shape index (κ3) is 2.18. The van der Waals surface area contributed by atoms with Crippen LogP contribution in [0.5, 0.6) is 0 Å². The van der Waals surface area contributed by atoms with Crippen molar-refractivity contribution in [2.24, 2.45) is 0 Å². The number of benzene rings is 1. The smallest absolute Gasteiger partial charge is 0.293 e. The number of rotatable bonds is 2. The molecule has 1 fully saturated rings. The number of nitrogens with two attached hydrogens (primary N) is 1. The minimum Gasteiger partial charge on any atom is -0.399 e. The normalized spacial score (nSPS) is 17.6. The monoisotopic (exact) mass is 282 g/mol. The molecule has 2 aromatic rings. The molecule has 2 N–H and O–H groups in total. The van der Waals surface area contributed by atoms with Gasteiger partial charge in [-0.15, -0.1) is 0 Å². The Morgan fingerprint density at radius 1 is 1.24 bits per heavy atom. The van der Waals surface area contributed by atoms with Crippen LogP contribution < -0.4 is 16.2 Å². The van der Waals surface area contributed by atoms with E-state index in [-0.39, 0.29) is 5.56 Å². The van der Waals surface area contributed by atoms with Gasteiger partial charge in [-0.2, -0.15) is 0 Å². The van der Waals surface area contributed by atoms with E-state index < -0.39 is 0 Å². The molecular formula is C16H18N4O. The fraction of sp³-hybridized carbons (Fsp3) is 0.375. The fourth-order valence-corrected chi connectivity index (χ4v) is 3.03. The second kappa shape index (κ2) is 4.62. The predicted molar refractivity (Wildman–Crippen MR) is 82.4 cm³/mol. The Morgan fingerprint density at radius 3 is 2.90 bits per heavy atom. The highest BCUT2D eigenvalue weighted by molar-refractivity contribution is 5.49.